The summed E-state index contributed by atoms with van der Waals surface area (Å²) in [5.41, 5.74) is 0.306. The van der Waals surface area contributed by atoms with E-state index in [1.165, 1.54) is 12.1 Å². The van der Waals surface area contributed by atoms with Crippen LogP contribution in [-0.4, -0.2) is 21.1 Å². The van der Waals surface area contributed by atoms with Gasteiger partial charge in [0.05, 0.1) is 10.7 Å². The highest BCUT2D eigenvalue weighted by atomic mass is 35.5. The maximum absolute atomic E-state index is 12.8. The average Bonchev–Trinajstić information content (AvgIpc) is 2.69. The third-order valence-corrected chi connectivity index (χ3v) is 2.29. The molecule has 2 rings (SSSR count). The summed E-state index contributed by atoms with van der Waals surface area (Å²) in [6, 6.07) is 3.68. The molecular formula is C10H8ClFN4O. The van der Waals surface area contributed by atoms with Crippen LogP contribution < -0.4 is 5.32 Å². The summed E-state index contributed by atoms with van der Waals surface area (Å²) in [6.07, 6.45) is 0. The number of anilines is 1. The number of hydrogen-bond donors (Lipinski definition) is 2. The molecule has 0 atom stereocenters. The van der Waals surface area contributed by atoms with E-state index in [-0.39, 0.29) is 10.8 Å². The Hall–Kier alpha value is -1.95. The van der Waals surface area contributed by atoms with Crippen molar-refractivity contribution in [2.75, 3.05) is 5.32 Å². The van der Waals surface area contributed by atoms with E-state index in [0.717, 1.165) is 6.07 Å². The van der Waals surface area contributed by atoms with Gasteiger partial charge in [-0.3, -0.25) is 9.89 Å². The van der Waals surface area contributed by atoms with Crippen molar-refractivity contribution in [1.82, 2.24) is 15.2 Å². The van der Waals surface area contributed by atoms with Crippen LogP contribution in [0.3, 0.4) is 0 Å². The number of aromatic nitrogens is 3. The van der Waals surface area contributed by atoms with Gasteiger partial charge in [-0.2, -0.15) is 0 Å². The lowest BCUT2D eigenvalue weighted by molar-refractivity contribution is 0.101. The zero-order valence-electron chi connectivity index (χ0n) is 8.79. The Kier molecular flexibility index (Phi) is 3.06. The highest BCUT2D eigenvalue weighted by molar-refractivity contribution is 6.33. The molecule has 0 aliphatic carbocycles. The molecule has 88 valence electrons. The molecule has 0 saturated carbocycles. The topological polar surface area (TPSA) is 70.7 Å². The largest absolute Gasteiger partial charge is 0.318 e. The number of nitrogens with zero attached hydrogens (tertiary/aromatic N) is 2. The van der Waals surface area contributed by atoms with Crippen LogP contribution >= 0.6 is 11.6 Å². The van der Waals surface area contributed by atoms with E-state index in [9.17, 15) is 9.18 Å². The van der Waals surface area contributed by atoms with Crippen LogP contribution in [0, 0.1) is 12.7 Å². The van der Waals surface area contributed by atoms with Crippen molar-refractivity contribution >= 4 is 23.2 Å². The minimum atomic E-state index is -0.511. The zero-order chi connectivity index (χ0) is 12.4. The monoisotopic (exact) mass is 254 g/mol. The van der Waals surface area contributed by atoms with Crippen LogP contribution in [0.25, 0.3) is 0 Å². The summed E-state index contributed by atoms with van der Waals surface area (Å²) < 4.78 is 12.8. The Bertz CT molecular complexity index is 569. The number of nitrogens with one attached hydrogen (secondary N) is 2. The molecule has 1 amide bonds. The average molecular weight is 255 g/mol. The van der Waals surface area contributed by atoms with Crippen LogP contribution in [0.2, 0.25) is 5.02 Å². The smallest absolute Gasteiger partial charge is 0.295 e. The first kappa shape index (κ1) is 11.5. The fourth-order valence-electron chi connectivity index (χ4n) is 1.21. The molecule has 0 saturated heterocycles. The second kappa shape index (κ2) is 4.50. The van der Waals surface area contributed by atoms with E-state index in [4.69, 9.17) is 11.6 Å². The van der Waals surface area contributed by atoms with Gasteiger partial charge in [-0.15, -0.1) is 5.10 Å². The first-order valence-electron chi connectivity index (χ1n) is 4.71. The Morgan fingerprint density at radius 1 is 1.53 bits per heavy atom. The van der Waals surface area contributed by atoms with Crippen molar-refractivity contribution in [3.05, 3.63) is 40.7 Å². The molecule has 5 nitrogen and oxygen atoms in total. The van der Waals surface area contributed by atoms with Gasteiger partial charge >= 0.3 is 0 Å². The van der Waals surface area contributed by atoms with Gasteiger partial charge in [-0.1, -0.05) is 11.6 Å². The lowest BCUT2D eigenvalue weighted by Crippen LogP contribution is -2.14. The van der Waals surface area contributed by atoms with Gasteiger partial charge in [0.25, 0.3) is 5.91 Å². The third kappa shape index (κ3) is 2.59. The molecule has 7 heteroatoms. The van der Waals surface area contributed by atoms with Crippen molar-refractivity contribution in [2.24, 2.45) is 0 Å². The highest BCUT2D eigenvalue weighted by Gasteiger charge is 2.13. The van der Waals surface area contributed by atoms with Gasteiger partial charge < -0.3 is 5.32 Å². The maximum Gasteiger partial charge on any atom is 0.295 e. The van der Waals surface area contributed by atoms with Crippen LogP contribution in [-0.2, 0) is 0 Å². The minimum absolute atomic E-state index is 0.00268. The summed E-state index contributed by atoms with van der Waals surface area (Å²) in [6.45, 7) is 1.68. The second-order valence-corrected chi connectivity index (χ2v) is 3.73. The number of aromatic amines is 1. The number of hydrogen-bond acceptors (Lipinski definition) is 3. The Balaban J connectivity index is 2.18. The predicted octanol–water partition coefficient (Wildman–Crippen LogP) is 2.16. The van der Waals surface area contributed by atoms with Gasteiger partial charge in [0.1, 0.15) is 11.6 Å². The van der Waals surface area contributed by atoms with E-state index >= 15 is 0 Å². The molecule has 1 aromatic carbocycles. The highest BCUT2D eigenvalue weighted by Crippen LogP contribution is 2.22. The van der Waals surface area contributed by atoms with Crippen molar-refractivity contribution < 1.29 is 9.18 Å². The standard InChI is InChI=1S/C10H8ClFN4O/c1-5-13-9(16-15-5)10(17)14-8-3-2-6(12)4-7(8)11/h2-4H,1H3,(H,14,17)(H,13,15,16). The Labute approximate surface area is 101 Å². The van der Waals surface area contributed by atoms with E-state index in [0.29, 0.717) is 11.5 Å². The van der Waals surface area contributed by atoms with Gasteiger partial charge in [0.2, 0.25) is 5.82 Å². The Morgan fingerprint density at radius 2 is 2.29 bits per heavy atom. The summed E-state index contributed by atoms with van der Waals surface area (Å²) in [5.74, 6) is -0.451. The van der Waals surface area contributed by atoms with Crippen LogP contribution in [0.5, 0.6) is 0 Å². The van der Waals surface area contributed by atoms with Crippen molar-refractivity contribution in [2.45, 2.75) is 6.92 Å². The number of benzene rings is 1. The molecule has 0 spiro atoms. The van der Waals surface area contributed by atoms with E-state index < -0.39 is 11.7 Å². The molecule has 2 aromatic rings. The van der Waals surface area contributed by atoms with Gasteiger partial charge in [-0.25, -0.2) is 9.37 Å². The quantitative estimate of drug-likeness (QED) is 0.863. The van der Waals surface area contributed by atoms with Crippen molar-refractivity contribution in [1.29, 1.82) is 0 Å². The molecule has 0 aliphatic heterocycles. The number of amides is 1. The number of aryl methyl sites for hydroxylation is 1. The summed E-state index contributed by atoms with van der Waals surface area (Å²) in [4.78, 5) is 15.5. The van der Waals surface area contributed by atoms with Crippen molar-refractivity contribution in [3.8, 4) is 0 Å². The zero-order valence-corrected chi connectivity index (χ0v) is 9.55. The molecule has 0 fully saturated rings. The van der Waals surface area contributed by atoms with Crippen LogP contribution in [0.1, 0.15) is 16.4 Å². The van der Waals surface area contributed by atoms with E-state index in [1.54, 1.807) is 6.92 Å². The molecule has 1 heterocycles. The normalized spacial score (nSPS) is 10.3. The molecule has 0 unspecified atom stereocenters. The summed E-state index contributed by atoms with van der Waals surface area (Å²) in [5, 5.41) is 8.84. The predicted molar refractivity (Wildman–Crippen MR) is 60.5 cm³/mol. The number of carbonyl (C=O) groups is 1. The van der Waals surface area contributed by atoms with Gasteiger partial charge in [-0.05, 0) is 25.1 Å². The molecule has 1 aromatic heterocycles. The summed E-state index contributed by atoms with van der Waals surface area (Å²) >= 11 is 5.76. The number of H-pyrrole nitrogens is 1. The van der Waals surface area contributed by atoms with Crippen LogP contribution in [0.4, 0.5) is 10.1 Å². The third-order valence-electron chi connectivity index (χ3n) is 1.98. The molecule has 0 aliphatic rings. The van der Waals surface area contributed by atoms with Gasteiger partial charge in [0.15, 0.2) is 0 Å². The number of halogens is 2. The molecule has 17 heavy (non-hydrogen) atoms. The number of carbonyl (C=O) groups excluding carboxylic acids is 1. The first-order valence-corrected chi connectivity index (χ1v) is 5.09. The number of rotatable bonds is 2. The Morgan fingerprint density at radius 3 is 2.88 bits per heavy atom. The van der Waals surface area contributed by atoms with E-state index in [2.05, 4.69) is 20.5 Å². The fraction of sp³-hybridized carbons (Fsp3) is 0.100. The molecular weight excluding hydrogens is 247 g/mol. The van der Waals surface area contributed by atoms with Crippen LogP contribution in [0.15, 0.2) is 18.2 Å². The minimum Gasteiger partial charge on any atom is -0.318 e. The van der Waals surface area contributed by atoms with E-state index in [1.807, 2.05) is 0 Å². The first-order chi connectivity index (χ1) is 8.06. The second-order valence-electron chi connectivity index (χ2n) is 3.32. The van der Waals surface area contributed by atoms with Crippen molar-refractivity contribution in [3.63, 3.8) is 0 Å². The maximum atomic E-state index is 12.8. The molecule has 0 bridgehead atoms. The SMILES string of the molecule is Cc1nc(C(=O)Nc2ccc(F)cc2Cl)n[nH]1. The molecule has 2 N–H and O–H groups in total. The fourth-order valence-corrected chi connectivity index (χ4v) is 1.43. The molecule has 0 radical (unpaired) electrons. The lowest BCUT2D eigenvalue weighted by atomic mass is 10.3. The lowest BCUT2D eigenvalue weighted by Gasteiger charge is -2.04. The van der Waals surface area contributed by atoms with Gasteiger partial charge in [0, 0.05) is 0 Å². The summed E-state index contributed by atoms with van der Waals surface area (Å²) in [7, 11) is 0.